The van der Waals surface area contributed by atoms with Crippen LogP contribution in [-0.2, 0) is 5.92 Å². The predicted octanol–water partition coefficient (Wildman–Crippen LogP) is 7.61. The third kappa shape index (κ3) is 4.22. The Hall–Kier alpha value is -4.58. The van der Waals surface area contributed by atoms with E-state index in [1.165, 1.54) is 0 Å². The molecule has 0 heterocycles. The average Bonchev–Trinajstić information content (AvgIpc) is 3.22. The molecular formula is C25H3BF16O2. The molecule has 0 aliphatic heterocycles. The van der Waals surface area contributed by atoms with Gasteiger partial charge in [-0.05, 0) is 12.1 Å². The smallest absolute Gasteiger partial charge is 0.520 e. The number of benzene rings is 4. The number of fused-ring (bicyclic) bond motifs is 3. The molecule has 0 saturated carbocycles. The van der Waals surface area contributed by atoms with Crippen molar-refractivity contribution in [2.24, 2.45) is 0 Å². The van der Waals surface area contributed by atoms with E-state index in [0.717, 1.165) is 0 Å². The number of rotatable bonds is 5. The third-order valence-corrected chi connectivity index (χ3v) is 6.26. The molecule has 0 atom stereocenters. The van der Waals surface area contributed by atoms with Crippen molar-refractivity contribution in [3.05, 3.63) is 111 Å². The molecule has 2 nitrogen and oxygen atoms in total. The largest absolute Gasteiger partial charge is 0.636 e. The van der Waals surface area contributed by atoms with E-state index in [1.54, 1.807) is 0 Å². The van der Waals surface area contributed by atoms with Gasteiger partial charge in [-0.15, -0.1) is 0 Å². The molecule has 0 bridgehead atoms. The zero-order valence-corrected chi connectivity index (χ0v) is 20.2. The van der Waals surface area contributed by atoms with Crippen molar-refractivity contribution in [3.8, 4) is 22.6 Å². The molecule has 0 unspecified atom stereocenters. The summed E-state index contributed by atoms with van der Waals surface area (Å²) in [6, 6.07) is 0.590. The van der Waals surface area contributed by atoms with E-state index in [9.17, 15) is 57.1 Å². The maximum Gasteiger partial charge on any atom is 0.636 e. The van der Waals surface area contributed by atoms with Crippen LogP contribution in [0.5, 0.6) is 11.5 Å². The first-order chi connectivity index (χ1) is 20.4. The van der Waals surface area contributed by atoms with Crippen LogP contribution >= 0.6 is 0 Å². The molecule has 4 aromatic rings. The summed E-state index contributed by atoms with van der Waals surface area (Å²) in [4.78, 5) is 0. The van der Waals surface area contributed by atoms with Crippen LogP contribution in [0.2, 0.25) is 0 Å². The highest BCUT2D eigenvalue weighted by Gasteiger charge is 2.57. The summed E-state index contributed by atoms with van der Waals surface area (Å²) in [6.07, 6.45) is 0. The Morgan fingerprint density at radius 1 is 0.477 bits per heavy atom. The summed E-state index contributed by atoms with van der Waals surface area (Å²) in [5.41, 5.74) is -11.9. The molecule has 0 fully saturated rings. The average molecular weight is 650 g/mol. The van der Waals surface area contributed by atoms with Gasteiger partial charge in [0, 0.05) is 22.8 Å². The lowest BCUT2D eigenvalue weighted by Gasteiger charge is -2.23. The van der Waals surface area contributed by atoms with Crippen molar-refractivity contribution in [1.82, 2.24) is 0 Å². The molecule has 230 valence electrons. The van der Waals surface area contributed by atoms with E-state index in [4.69, 9.17) is 0 Å². The molecule has 0 N–H and O–H groups in total. The van der Waals surface area contributed by atoms with E-state index < -0.39 is 134 Å². The second-order valence-electron chi connectivity index (χ2n) is 8.73. The standard InChI is InChI=1S/C25H3BF16O2/c27-4-1-2-6(5(28)3-4)43-26(44-24-22(39)20(37)19(36)21(38)23(24)40)11-9-7(12(29)16(33)15(11)32)8-10(25(9,41)42)14(31)18(35)17(34)13(8)30/h1-3H. The summed E-state index contributed by atoms with van der Waals surface area (Å²) in [6.45, 7) is 0. The molecule has 19 heteroatoms. The zero-order chi connectivity index (χ0) is 32.7. The summed E-state index contributed by atoms with van der Waals surface area (Å²) in [5, 5.41) is 0. The van der Waals surface area contributed by atoms with Gasteiger partial charge in [0.05, 0.1) is 11.0 Å². The van der Waals surface area contributed by atoms with Crippen molar-refractivity contribution in [3.63, 3.8) is 0 Å². The fourth-order valence-corrected chi connectivity index (χ4v) is 4.37. The van der Waals surface area contributed by atoms with Gasteiger partial charge in [-0.25, -0.2) is 52.7 Å². The Bertz CT molecular complexity index is 1880. The van der Waals surface area contributed by atoms with Gasteiger partial charge >= 0.3 is 13.0 Å². The molecule has 0 spiro atoms. The molecule has 5 rings (SSSR count). The Morgan fingerprint density at radius 3 is 1.48 bits per heavy atom. The number of hydrogen-bond acceptors (Lipinski definition) is 2. The number of halogens is 16. The van der Waals surface area contributed by atoms with Crippen molar-refractivity contribution in [2.75, 3.05) is 0 Å². The fourth-order valence-electron chi connectivity index (χ4n) is 4.37. The van der Waals surface area contributed by atoms with Crippen molar-refractivity contribution >= 4 is 12.6 Å². The Labute approximate surface area is 232 Å². The van der Waals surface area contributed by atoms with Gasteiger partial charge in [0.15, 0.2) is 52.3 Å². The van der Waals surface area contributed by atoms with Gasteiger partial charge in [0.1, 0.15) is 11.6 Å². The number of alkyl halides is 2. The first-order valence-corrected chi connectivity index (χ1v) is 11.2. The SMILES string of the molecule is Fc1ccc(OB(Oc2c(F)c(F)c(F)c(F)c2F)c2c(F)c(F)c(F)c3c2C(F)(F)c2c(F)c(F)c(F)c(F)c2-3)c(F)c1. The quantitative estimate of drug-likeness (QED) is 0.0960. The topological polar surface area (TPSA) is 18.5 Å². The zero-order valence-electron chi connectivity index (χ0n) is 20.2. The highest BCUT2D eigenvalue weighted by atomic mass is 19.3. The van der Waals surface area contributed by atoms with Crippen molar-refractivity contribution in [1.29, 1.82) is 0 Å². The van der Waals surface area contributed by atoms with Gasteiger partial charge in [0.25, 0.3) is 0 Å². The first-order valence-electron chi connectivity index (χ1n) is 11.2. The van der Waals surface area contributed by atoms with Crippen LogP contribution in [-0.4, -0.2) is 7.12 Å². The lowest BCUT2D eigenvalue weighted by molar-refractivity contribution is 0.0433. The normalized spacial score (nSPS) is 13.2. The van der Waals surface area contributed by atoms with Gasteiger partial charge in [-0.3, -0.25) is 0 Å². The second kappa shape index (κ2) is 10.3. The molecule has 1 aliphatic carbocycles. The summed E-state index contributed by atoms with van der Waals surface area (Å²) in [5.74, 6) is -46.8. The second-order valence-corrected chi connectivity index (χ2v) is 8.73. The lowest BCUT2D eigenvalue weighted by Crippen LogP contribution is -2.49. The molecule has 0 amide bonds. The molecule has 1 aliphatic rings. The monoisotopic (exact) mass is 650 g/mol. The maximum atomic E-state index is 15.6. The van der Waals surface area contributed by atoms with Crippen LogP contribution in [0.4, 0.5) is 70.2 Å². The van der Waals surface area contributed by atoms with Crippen molar-refractivity contribution in [2.45, 2.75) is 5.92 Å². The van der Waals surface area contributed by atoms with Crippen LogP contribution in [0.1, 0.15) is 11.1 Å². The predicted molar refractivity (Wildman–Crippen MR) is 114 cm³/mol. The number of hydrogen-bond donors (Lipinski definition) is 0. The van der Waals surface area contributed by atoms with E-state index >= 15 is 13.2 Å². The summed E-state index contributed by atoms with van der Waals surface area (Å²) < 4.78 is 240. The minimum atomic E-state index is -5.45. The van der Waals surface area contributed by atoms with Crippen LogP contribution in [0.3, 0.4) is 0 Å². The van der Waals surface area contributed by atoms with Gasteiger partial charge in [0.2, 0.25) is 29.1 Å². The molecular weight excluding hydrogens is 647 g/mol. The Morgan fingerprint density at radius 2 is 0.932 bits per heavy atom. The first kappa shape index (κ1) is 30.9. The summed E-state index contributed by atoms with van der Waals surface area (Å²) in [7, 11) is -3.62. The van der Waals surface area contributed by atoms with Crippen LogP contribution < -0.4 is 14.8 Å². The van der Waals surface area contributed by atoms with E-state index in [1.807, 2.05) is 0 Å². The Kier molecular flexibility index (Phi) is 7.20. The molecule has 0 radical (unpaired) electrons. The van der Waals surface area contributed by atoms with Gasteiger partial charge in [-0.2, -0.15) is 17.6 Å². The minimum Gasteiger partial charge on any atom is -0.520 e. The molecule has 4 aromatic carbocycles. The Balaban J connectivity index is 1.88. The van der Waals surface area contributed by atoms with Crippen LogP contribution in [0.15, 0.2) is 18.2 Å². The fraction of sp³-hybridized carbons (Fsp3) is 0.0400. The van der Waals surface area contributed by atoms with E-state index in [-0.39, 0.29) is 12.1 Å². The van der Waals surface area contributed by atoms with E-state index in [0.29, 0.717) is 6.07 Å². The highest BCUT2D eigenvalue weighted by molar-refractivity contribution is 6.63. The highest BCUT2D eigenvalue weighted by Crippen LogP contribution is 2.54. The molecule has 0 aromatic heterocycles. The molecule has 0 saturated heterocycles. The van der Waals surface area contributed by atoms with E-state index in [2.05, 4.69) is 9.31 Å². The van der Waals surface area contributed by atoms with Gasteiger partial charge < -0.3 is 9.31 Å². The van der Waals surface area contributed by atoms with Crippen LogP contribution in [0.25, 0.3) is 11.1 Å². The molecule has 44 heavy (non-hydrogen) atoms. The van der Waals surface area contributed by atoms with Gasteiger partial charge in [-0.1, -0.05) is 0 Å². The lowest BCUT2D eigenvalue weighted by atomic mass is 9.72. The summed E-state index contributed by atoms with van der Waals surface area (Å²) >= 11 is 0. The van der Waals surface area contributed by atoms with Crippen molar-refractivity contribution < 1.29 is 79.6 Å². The maximum absolute atomic E-state index is 15.6. The minimum absolute atomic E-state index is 0.0163. The van der Waals surface area contributed by atoms with Crippen LogP contribution in [0, 0.1) is 81.4 Å². The third-order valence-electron chi connectivity index (χ3n) is 6.26.